The highest BCUT2D eigenvalue weighted by Crippen LogP contribution is 2.25. The number of nitrogens with one attached hydrogen (secondary N) is 1. The van der Waals surface area contributed by atoms with Crippen LogP contribution in [0, 0.1) is 5.82 Å². The Labute approximate surface area is 156 Å². The number of halogens is 1. The van der Waals surface area contributed by atoms with E-state index < -0.39 is 0 Å². The Morgan fingerprint density at radius 3 is 2.89 bits per heavy atom. The Hall–Kier alpha value is -3.05. The Morgan fingerprint density at radius 2 is 2.00 bits per heavy atom. The molecule has 0 fully saturated rings. The Morgan fingerprint density at radius 1 is 1.11 bits per heavy atom. The molecule has 4 nitrogen and oxygen atoms in total. The molecule has 0 spiro atoms. The molecular formula is C22H19FN4. The van der Waals surface area contributed by atoms with Gasteiger partial charge in [0.15, 0.2) is 5.82 Å². The molecule has 1 N–H and O–H groups in total. The van der Waals surface area contributed by atoms with Crippen molar-refractivity contribution < 1.29 is 4.39 Å². The number of rotatable bonds is 3. The third-order valence-corrected chi connectivity index (χ3v) is 5.17. The summed E-state index contributed by atoms with van der Waals surface area (Å²) in [5, 5.41) is 1.08. The summed E-state index contributed by atoms with van der Waals surface area (Å²) in [7, 11) is 0. The maximum absolute atomic E-state index is 13.4. The van der Waals surface area contributed by atoms with E-state index in [9.17, 15) is 4.39 Å². The van der Waals surface area contributed by atoms with Crippen LogP contribution >= 0.6 is 0 Å². The molecule has 0 atom stereocenters. The van der Waals surface area contributed by atoms with Crippen LogP contribution in [0.2, 0.25) is 0 Å². The lowest BCUT2D eigenvalue weighted by atomic mass is 10.1. The van der Waals surface area contributed by atoms with Crippen LogP contribution in [-0.4, -0.2) is 26.4 Å². The number of aromatic nitrogens is 3. The lowest BCUT2D eigenvalue weighted by Crippen LogP contribution is -2.30. The first-order valence-corrected chi connectivity index (χ1v) is 9.14. The van der Waals surface area contributed by atoms with Gasteiger partial charge >= 0.3 is 0 Å². The van der Waals surface area contributed by atoms with Crippen LogP contribution in [0.1, 0.15) is 16.8 Å². The normalized spacial score (nSPS) is 14.4. The molecule has 0 unspecified atom stereocenters. The minimum Gasteiger partial charge on any atom is -0.361 e. The number of nitrogens with zero attached hydrogens (tertiary/aromatic N) is 3. The van der Waals surface area contributed by atoms with Crippen molar-refractivity contribution in [3.8, 4) is 11.4 Å². The van der Waals surface area contributed by atoms with E-state index in [1.165, 1.54) is 17.2 Å². The van der Waals surface area contributed by atoms with E-state index in [1.54, 1.807) is 6.07 Å². The van der Waals surface area contributed by atoms with E-state index in [0.29, 0.717) is 0 Å². The third-order valence-electron chi connectivity index (χ3n) is 5.17. The fraction of sp³-hybridized carbons (Fsp3) is 0.182. The highest BCUT2D eigenvalue weighted by atomic mass is 19.1. The topological polar surface area (TPSA) is 44.8 Å². The second kappa shape index (κ2) is 6.59. The first-order chi connectivity index (χ1) is 13.3. The second-order valence-electron chi connectivity index (χ2n) is 7.00. The Bertz CT molecular complexity index is 1100. The summed E-state index contributed by atoms with van der Waals surface area (Å²) in [6.45, 7) is 2.61. The highest BCUT2D eigenvalue weighted by molar-refractivity contribution is 5.83. The number of hydrogen-bond acceptors (Lipinski definition) is 3. The molecule has 0 radical (unpaired) electrons. The van der Waals surface area contributed by atoms with E-state index in [1.807, 2.05) is 48.8 Å². The van der Waals surface area contributed by atoms with Gasteiger partial charge in [0.25, 0.3) is 0 Å². The summed E-state index contributed by atoms with van der Waals surface area (Å²) < 4.78 is 13.4. The van der Waals surface area contributed by atoms with Gasteiger partial charge in [-0.1, -0.05) is 30.3 Å². The molecule has 5 rings (SSSR count). The van der Waals surface area contributed by atoms with Gasteiger partial charge in [-0.25, -0.2) is 14.4 Å². The number of aromatic amines is 1. The molecule has 0 saturated carbocycles. The third kappa shape index (κ3) is 3.11. The smallest absolute Gasteiger partial charge is 0.159 e. The summed E-state index contributed by atoms with van der Waals surface area (Å²) in [5.41, 5.74) is 5.41. The Kier molecular flexibility index (Phi) is 3.94. The maximum atomic E-state index is 13.4. The molecule has 4 aromatic rings. The number of H-pyrrole nitrogens is 1. The van der Waals surface area contributed by atoms with Gasteiger partial charge < -0.3 is 4.98 Å². The maximum Gasteiger partial charge on any atom is 0.159 e. The molecule has 27 heavy (non-hydrogen) atoms. The number of hydrogen-bond donors (Lipinski definition) is 1. The SMILES string of the molecule is Fc1ccc2c(CN3CCc4nc(-c5ccccc5)ncc4C3)c[nH]c2c1. The van der Waals surface area contributed by atoms with Crippen molar-refractivity contribution in [2.45, 2.75) is 19.5 Å². The summed E-state index contributed by atoms with van der Waals surface area (Å²) in [4.78, 5) is 14.9. The quantitative estimate of drug-likeness (QED) is 0.593. The van der Waals surface area contributed by atoms with Crippen LogP contribution in [-0.2, 0) is 19.5 Å². The van der Waals surface area contributed by atoms with Crippen LogP contribution in [0.25, 0.3) is 22.3 Å². The van der Waals surface area contributed by atoms with Crippen molar-refractivity contribution >= 4 is 10.9 Å². The minimum atomic E-state index is -0.214. The highest BCUT2D eigenvalue weighted by Gasteiger charge is 2.20. The van der Waals surface area contributed by atoms with Gasteiger partial charge in [-0.15, -0.1) is 0 Å². The molecule has 0 aliphatic carbocycles. The van der Waals surface area contributed by atoms with Gasteiger partial charge in [-0.05, 0) is 23.8 Å². The van der Waals surface area contributed by atoms with Gasteiger partial charge in [0.1, 0.15) is 5.82 Å². The summed E-state index contributed by atoms with van der Waals surface area (Å²) in [6, 6.07) is 15.0. The van der Waals surface area contributed by atoms with Crippen molar-refractivity contribution in [3.05, 3.63) is 83.6 Å². The van der Waals surface area contributed by atoms with Crippen molar-refractivity contribution in [2.24, 2.45) is 0 Å². The van der Waals surface area contributed by atoms with Crippen molar-refractivity contribution in [1.29, 1.82) is 0 Å². The van der Waals surface area contributed by atoms with E-state index in [-0.39, 0.29) is 5.82 Å². The van der Waals surface area contributed by atoms with Crippen LogP contribution in [0.3, 0.4) is 0 Å². The van der Waals surface area contributed by atoms with Crippen LogP contribution in [0.5, 0.6) is 0 Å². The molecule has 0 amide bonds. The average molecular weight is 358 g/mol. The minimum absolute atomic E-state index is 0.214. The molecular weight excluding hydrogens is 339 g/mol. The van der Waals surface area contributed by atoms with Gasteiger partial charge in [0, 0.05) is 60.5 Å². The van der Waals surface area contributed by atoms with E-state index in [0.717, 1.165) is 54.0 Å². The standard InChI is InChI=1S/C22H19FN4/c23-18-6-7-19-16(11-24-21(19)10-18)13-27-9-8-20-17(14-27)12-25-22(26-20)15-4-2-1-3-5-15/h1-7,10-12,24H,8-9,13-14H2. The number of benzene rings is 2. The molecule has 1 aliphatic rings. The molecule has 2 aromatic carbocycles. The zero-order valence-corrected chi connectivity index (χ0v) is 14.8. The van der Waals surface area contributed by atoms with Crippen molar-refractivity contribution in [2.75, 3.05) is 6.54 Å². The molecule has 5 heteroatoms. The van der Waals surface area contributed by atoms with E-state index in [4.69, 9.17) is 4.98 Å². The zero-order valence-electron chi connectivity index (χ0n) is 14.8. The summed E-state index contributed by atoms with van der Waals surface area (Å²) >= 11 is 0. The molecule has 0 bridgehead atoms. The monoisotopic (exact) mass is 358 g/mol. The molecule has 0 saturated heterocycles. The second-order valence-corrected chi connectivity index (χ2v) is 7.00. The van der Waals surface area contributed by atoms with Gasteiger partial charge in [0.2, 0.25) is 0 Å². The van der Waals surface area contributed by atoms with Gasteiger partial charge in [-0.2, -0.15) is 0 Å². The van der Waals surface area contributed by atoms with Gasteiger partial charge in [0.05, 0.1) is 5.69 Å². The predicted molar refractivity (Wildman–Crippen MR) is 104 cm³/mol. The molecule has 1 aliphatic heterocycles. The first-order valence-electron chi connectivity index (χ1n) is 9.14. The fourth-order valence-electron chi connectivity index (χ4n) is 3.77. The Balaban J connectivity index is 1.36. The molecule has 2 aromatic heterocycles. The van der Waals surface area contributed by atoms with Crippen molar-refractivity contribution in [3.63, 3.8) is 0 Å². The van der Waals surface area contributed by atoms with E-state index >= 15 is 0 Å². The lowest BCUT2D eigenvalue weighted by Gasteiger charge is -2.27. The van der Waals surface area contributed by atoms with Crippen LogP contribution in [0.15, 0.2) is 60.9 Å². The number of fused-ring (bicyclic) bond motifs is 2. The summed E-state index contributed by atoms with van der Waals surface area (Å²) in [5.74, 6) is 0.579. The largest absolute Gasteiger partial charge is 0.361 e. The van der Waals surface area contributed by atoms with E-state index in [2.05, 4.69) is 14.9 Å². The molecule has 3 heterocycles. The lowest BCUT2D eigenvalue weighted by molar-refractivity contribution is 0.244. The average Bonchev–Trinajstić information content (AvgIpc) is 3.10. The first kappa shape index (κ1) is 16.1. The summed E-state index contributed by atoms with van der Waals surface area (Å²) in [6.07, 6.45) is 4.85. The fourth-order valence-corrected chi connectivity index (χ4v) is 3.77. The predicted octanol–water partition coefficient (Wildman–Crippen LogP) is 4.32. The van der Waals surface area contributed by atoms with Crippen LogP contribution in [0.4, 0.5) is 4.39 Å². The van der Waals surface area contributed by atoms with Crippen LogP contribution < -0.4 is 0 Å². The molecule has 134 valence electrons. The van der Waals surface area contributed by atoms with Crippen molar-refractivity contribution in [1.82, 2.24) is 19.9 Å². The van der Waals surface area contributed by atoms with Gasteiger partial charge in [-0.3, -0.25) is 4.90 Å². The zero-order chi connectivity index (χ0) is 18.2.